The molecule has 2 aliphatic rings. The Morgan fingerprint density at radius 1 is 0.300 bits per heavy atom. The molecule has 0 fully saturated rings. The molecule has 2 nitrogen and oxygen atoms in total. The van der Waals surface area contributed by atoms with Crippen LogP contribution in [0.3, 0.4) is 0 Å². The number of hydrogen-bond acceptors (Lipinski definition) is 2. The van der Waals surface area contributed by atoms with E-state index >= 15 is 0 Å². The van der Waals surface area contributed by atoms with Gasteiger partial charge in [0.25, 0.3) is 0 Å². The lowest BCUT2D eigenvalue weighted by atomic mass is 9.84. The summed E-state index contributed by atoms with van der Waals surface area (Å²) in [4.78, 5) is 9.19. The minimum Gasteiger partial charge on any atom is -0.264 e. The molecule has 2 heterocycles. The zero-order valence-electron chi connectivity index (χ0n) is 26.9. The van der Waals surface area contributed by atoms with E-state index in [0.717, 1.165) is 11.1 Å². The molecule has 10 aromatic rings. The standard InChI is InChI=1S/C48H26N2/c1-7-27-9-3-15-37-43(27)33(13-1)41-23-39-31-17-20-36-40(32(31)18-19-35(39)45(47(37)41)29-11-5-21-49-25-29)24-42-34-14-2-8-28-10-4-16-38(44(28)34)48(42)46(36)30-12-6-22-50-26-30/h1-26H. The molecule has 2 heteroatoms. The minimum atomic E-state index is 1.14. The molecule has 8 aromatic carbocycles. The van der Waals surface area contributed by atoms with Gasteiger partial charge >= 0.3 is 0 Å². The van der Waals surface area contributed by atoms with Crippen LogP contribution in [0.1, 0.15) is 0 Å². The van der Waals surface area contributed by atoms with Gasteiger partial charge in [-0.25, -0.2) is 0 Å². The first-order valence-electron chi connectivity index (χ1n) is 17.2. The van der Waals surface area contributed by atoms with E-state index in [-0.39, 0.29) is 0 Å². The summed E-state index contributed by atoms with van der Waals surface area (Å²) in [5.74, 6) is 0. The summed E-state index contributed by atoms with van der Waals surface area (Å²) in [6, 6.07) is 49.7. The van der Waals surface area contributed by atoms with Crippen molar-refractivity contribution >= 4 is 53.9 Å². The van der Waals surface area contributed by atoms with Crippen LogP contribution in [0.2, 0.25) is 0 Å². The van der Waals surface area contributed by atoms with Crippen molar-refractivity contribution in [1.82, 2.24) is 9.97 Å². The Morgan fingerprint density at radius 3 is 1.14 bits per heavy atom. The number of pyridine rings is 2. The van der Waals surface area contributed by atoms with E-state index < -0.39 is 0 Å². The van der Waals surface area contributed by atoms with E-state index in [0.29, 0.717) is 0 Å². The van der Waals surface area contributed by atoms with Crippen molar-refractivity contribution in [3.05, 3.63) is 158 Å². The van der Waals surface area contributed by atoms with Gasteiger partial charge in [0.2, 0.25) is 0 Å². The number of rotatable bonds is 2. The van der Waals surface area contributed by atoms with Crippen molar-refractivity contribution in [3.63, 3.8) is 0 Å². The molecule has 0 amide bonds. The Bertz CT molecular complexity index is 2900. The zero-order valence-corrected chi connectivity index (χ0v) is 26.9. The molecular formula is C48H26N2. The molecule has 2 aliphatic carbocycles. The van der Waals surface area contributed by atoms with Gasteiger partial charge in [0.05, 0.1) is 0 Å². The molecule has 12 rings (SSSR count). The third-order valence-corrected chi connectivity index (χ3v) is 11.3. The topological polar surface area (TPSA) is 25.8 Å². The average molecular weight is 631 g/mol. The minimum absolute atomic E-state index is 1.14. The number of hydrogen-bond donors (Lipinski definition) is 0. The first-order chi connectivity index (χ1) is 24.8. The highest BCUT2D eigenvalue weighted by atomic mass is 14.6. The van der Waals surface area contributed by atoms with E-state index in [4.69, 9.17) is 0 Å². The third-order valence-electron chi connectivity index (χ3n) is 11.3. The number of benzene rings is 8. The van der Waals surface area contributed by atoms with E-state index in [1.165, 1.54) is 109 Å². The van der Waals surface area contributed by atoms with Gasteiger partial charge in [0, 0.05) is 35.9 Å². The highest BCUT2D eigenvalue weighted by Gasteiger charge is 2.29. The fourth-order valence-electron chi connectivity index (χ4n) is 9.32. The number of nitrogens with zero attached hydrogens (tertiary/aromatic N) is 2. The Balaban J connectivity index is 1.24. The maximum atomic E-state index is 4.59. The Morgan fingerprint density at radius 2 is 0.720 bits per heavy atom. The predicted molar refractivity (Wildman–Crippen MR) is 209 cm³/mol. The van der Waals surface area contributed by atoms with Crippen LogP contribution in [-0.4, -0.2) is 9.97 Å². The molecule has 0 radical (unpaired) electrons. The quantitative estimate of drug-likeness (QED) is 0.178. The summed E-state index contributed by atoms with van der Waals surface area (Å²) in [6.07, 6.45) is 7.76. The fourth-order valence-corrected chi connectivity index (χ4v) is 9.32. The normalized spacial score (nSPS) is 12.4. The molecule has 0 N–H and O–H groups in total. The maximum absolute atomic E-state index is 4.59. The van der Waals surface area contributed by atoms with Crippen LogP contribution in [0.15, 0.2) is 158 Å². The molecule has 2 aromatic heterocycles. The lowest BCUT2D eigenvalue weighted by Crippen LogP contribution is -1.92. The summed E-state index contributed by atoms with van der Waals surface area (Å²) in [6.45, 7) is 0. The van der Waals surface area contributed by atoms with Crippen molar-refractivity contribution in [3.8, 4) is 66.8 Å². The lowest BCUT2D eigenvalue weighted by molar-refractivity contribution is 1.33. The summed E-state index contributed by atoms with van der Waals surface area (Å²) in [5.41, 5.74) is 15.2. The van der Waals surface area contributed by atoms with E-state index in [9.17, 15) is 0 Å². The first-order valence-corrected chi connectivity index (χ1v) is 17.2. The Labute approximate surface area is 287 Å². The molecule has 0 bridgehead atoms. The van der Waals surface area contributed by atoms with Crippen molar-refractivity contribution in [2.45, 2.75) is 0 Å². The first kappa shape index (κ1) is 26.3. The predicted octanol–water partition coefficient (Wildman–Crippen LogP) is 12.9. The summed E-state index contributed by atoms with van der Waals surface area (Å²) in [5, 5.41) is 12.8. The average Bonchev–Trinajstić information content (AvgIpc) is 3.68. The smallest absolute Gasteiger partial charge is 0.0346 e. The molecule has 228 valence electrons. The number of fused-ring (bicyclic) bond motifs is 11. The van der Waals surface area contributed by atoms with Gasteiger partial charge < -0.3 is 0 Å². The Hall–Kier alpha value is -6.64. The van der Waals surface area contributed by atoms with Crippen molar-refractivity contribution in [2.24, 2.45) is 0 Å². The van der Waals surface area contributed by atoms with Gasteiger partial charge in [0.1, 0.15) is 0 Å². The molecule has 0 unspecified atom stereocenters. The molecule has 0 aliphatic heterocycles. The lowest BCUT2D eigenvalue weighted by Gasteiger charge is -2.19. The van der Waals surface area contributed by atoms with Crippen LogP contribution < -0.4 is 0 Å². The van der Waals surface area contributed by atoms with Crippen LogP contribution in [0.5, 0.6) is 0 Å². The molecular weight excluding hydrogens is 605 g/mol. The van der Waals surface area contributed by atoms with Crippen LogP contribution >= 0.6 is 0 Å². The van der Waals surface area contributed by atoms with Crippen LogP contribution in [0.25, 0.3) is 121 Å². The largest absolute Gasteiger partial charge is 0.264 e. The molecule has 0 spiro atoms. The summed E-state index contributed by atoms with van der Waals surface area (Å²) >= 11 is 0. The maximum Gasteiger partial charge on any atom is 0.0346 e. The van der Waals surface area contributed by atoms with Gasteiger partial charge in [-0.3, -0.25) is 9.97 Å². The van der Waals surface area contributed by atoms with Crippen molar-refractivity contribution in [1.29, 1.82) is 0 Å². The van der Waals surface area contributed by atoms with E-state index in [1.807, 2.05) is 24.8 Å². The van der Waals surface area contributed by atoms with Gasteiger partial charge in [-0.1, -0.05) is 109 Å². The van der Waals surface area contributed by atoms with E-state index in [1.54, 1.807) is 0 Å². The van der Waals surface area contributed by atoms with Crippen molar-refractivity contribution in [2.75, 3.05) is 0 Å². The SMILES string of the molecule is c1cncc(-c2c3c(cc4c2ccc2c5cc6c(c(-c7cccnc7)c5ccc42)-c2cccc4cccc-6c24)-c2cccc4cccc-3c24)c1. The molecule has 0 atom stereocenters. The van der Waals surface area contributed by atoms with Crippen LogP contribution in [-0.2, 0) is 0 Å². The molecule has 50 heavy (non-hydrogen) atoms. The van der Waals surface area contributed by atoms with Gasteiger partial charge in [-0.2, -0.15) is 0 Å². The third kappa shape index (κ3) is 3.28. The second-order valence-electron chi connectivity index (χ2n) is 13.7. The van der Waals surface area contributed by atoms with Gasteiger partial charge in [0.15, 0.2) is 0 Å². The van der Waals surface area contributed by atoms with Crippen LogP contribution in [0.4, 0.5) is 0 Å². The van der Waals surface area contributed by atoms with Gasteiger partial charge in [-0.05, 0) is 134 Å². The van der Waals surface area contributed by atoms with Crippen LogP contribution in [0, 0.1) is 0 Å². The second-order valence-corrected chi connectivity index (χ2v) is 13.7. The highest BCUT2D eigenvalue weighted by Crippen LogP contribution is 2.56. The number of aromatic nitrogens is 2. The van der Waals surface area contributed by atoms with Gasteiger partial charge in [-0.15, -0.1) is 0 Å². The molecule has 0 saturated heterocycles. The highest BCUT2D eigenvalue weighted by molar-refractivity contribution is 6.30. The Kier molecular flexibility index (Phi) is 5.00. The molecule has 0 saturated carbocycles. The second kappa shape index (κ2) is 9.49. The fraction of sp³-hybridized carbons (Fsp3) is 0. The van der Waals surface area contributed by atoms with Crippen molar-refractivity contribution < 1.29 is 0 Å². The summed E-state index contributed by atoms with van der Waals surface area (Å²) in [7, 11) is 0. The van der Waals surface area contributed by atoms with E-state index in [2.05, 4.69) is 143 Å². The summed E-state index contributed by atoms with van der Waals surface area (Å²) < 4.78 is 0. The monoisotopic (exact) mass is 630 g/mol. The zero-order chi connectivity index (χ0) is 32.5.